The van der Waals surface area contributed by atoms with E-state index in [-0.39, 0.29) is 26.3 Å². The van der Waals surface area contributed by atoms with E-state index < -0.39 is 67.1 Å². The monoisotopic (exact) mass is 570 g/mol. The Morgan fingerprint density at radius 2 is 1.10 bits per heavy atom. The van der Waals surface area contributed by atoms with Gasteiger partial charge < -0.3 is 49.6 Å². The molecule has 6 N–H and O–H groups in total. The molecule has 0 radical (unpaired) electrons. The van der Waals surface area contributed by atoms with Crippen LogP contribution in [0.4, 0.5) is 0 Å². The Bertz CT molecular complexity index is 1060. The highest BCUT2D eigenvalue weighted by Crippen LogP contribution is 2.27. The minimum Gasteiger partial charge on any atom is -0.388 e. The number of aliphatic hydroxyl groups is 6. The third-order valence-corrected chi connectivity index (χ3v) is 7.59. The van der Waals surface area contributed by atoms with Gasteiger partial charge in [-0.15, -0.1) is 0 Å². The first-order chi connectivity index (χ1) is 19.2. The number of nitrogens with zero attached hydrogens (tertiary/aromatic N) is 2. The van der Waals surface area contributed by atoms with Crippen LogP contribution in [-0.4, -0.2) is 114 Å². The first-order valence-corrected chi connectivity index (χ1v) is 14.0. The highest BCUT2D eigenvalue weighted by molar-refractivity contribution is 5.76. The molecule has 2 aliphatic rings. The van der Waals surface area contributed by atoms with Crippen LogP contribution in [0.2, 0.25) is 0 Å². The summed E-state index contributed by atoms with van der Waals surface area (Å²) in [5.41, 5.74) is 0.476. The lowest BCUT2D eigenvalue weighted by atomic mass is 9.98. The maximum atomic E-state index is 13.7. The van der Waals surface area contributed by atoms with Gasteiger partial charge in [0, 0.05) is 13.2 Å². The SMILES string of the molecule is CCCCO[C@@H]1[C@@H](O)[C@H](Cn2c(=O)n(C[C@H]3O[C@@H](O)[C@@H](O)[C@@H](OCCCC)[C@@H]3O)c3ccccc32)O[C@H](O)[C@@H]1O. The van der Waals surface area contributed by atoms with Crippen LogP contribution < -0.4 is 5.69 Å². The Balaban J connectivity index is 1.59. The van der Waals surface area contributed by atoms with Gasteiger partial charge in [0.1, 0.15) is 48.8 Å². The predicted octanol–water partition coefficient (Wildman–Crippen LogP) is -0.948. The second kappa shape index (κ2) is 13.8. The summed E-state index contributed by atoms with van der Waals surface area (Å²) >= 11 is 0. The summed E-state index contributed by atoms with van der Waals surface area (Å²) in [6, 6.07) is 6.88. The summed E-state index contributed by atoms with van der Waals surface area (Å²) in [5, 5.41) is 63.2. The van der Waals surface area contributed by atoms with E-state index in [1.165, 1.54) is 9.13 Å². The summed E-state index contributed by atoms with van der Waals surface area (Å²) in [6.45, 7) is 4.18. The molecule has 1 aromatic heterocycles. The van der Waals surface area contributed by atoms with Crippen molar-refractivity contribution in [1.82, 2.24) is 9.13 Å². The number of hydrogen-bond acceptors (Lipinski definition) is 11. The van der Waals surface area contributed by atoms with Crippen molar-refractivity contribution in [1.29, 1.82) is 0 Å². The molecule has 226 valence electrons. The molecule has 2 aliphatic heterocycles. The topological polar surface area (TPSA) is 185 Å². The fourth-order valence-electron chi connectivity index (χ4n) is 5.24. The molecule has 13 nitrogen and oxygen atoms in total. The molecule has 13 heteroatoms. The maximum Gasteiger partial charge on any atom is 0.329 e. The van der Waals surface area contributed by atoms with Crippen LogP contribution in [0.25, 0.3) is 11.0 Å². The number of imidazole rings is 1. The van der Waals surface area contributed by atoms with Crippen LogP contribution >= 0.6 is 0 Å². The summed E-state index contributed by atoms with van der Waals surface area (Å²) < 4.78 is 25.0. The summed E-state index contributed by atoms with van der Waals surface area (Å²) in [5.74, 6) is 0. The molecule has 2 saturated heterocycles. The van der Waals surface area contributed by atoms with Gasteiger partial charge in [0.2, 0.25) is 0 Å². The van der Waals surface area contributed by atoms with Gasteiger partial charge in [-0.25, -0.2) is 4.79 Å². The Kier molecular flexibility index (Phi) is 10.7. The van der Waals surface area contributed by atoms with Crippen LogP contribution in [0.1, 0.15) is 39.5 Å². The lowest BCUT2D eigenvalue weighted by molar-refractivity contribution is -0.292. The van der Waals surface area contributed by atoms with Crippen LogP contribution in [-0.2, 0) is 32.0 Å². The molecule has 40 heavy (non-hydrogen) atoms. The van der Waals surface area contributed by atoms with Crippen molar-refractivity contribution in [2.24, 2.45) is 0 Å². The number of fused-ring (bicyclic) bond motifs is 1. The van der Waals surface area contributed by atoms with E-state index in [0.717, 1.165) is 12.8 Å². The van der Waals surface area contributed by atoms with E-state index in [4.69, 9.17) is 18.9 Å². The van der Waals surface area contributed by atoms with Gasteiger partial charge in [0.15, 0.2) is 12.6 Å². The van der Waals surface area contributed by atoms with Crippen molar-refractivity contribution in [3.05, 3.63) is 34.7 Å². The lowest BCUT2D eigenvalue weighted by Gasteiger charge is -2.40. The number of ether oxygens (including phenoxy) is 4. The minimum absolute atomic E-state index is 0.164. The van der Waals surface area contributed by atoms with E-state index in [1.54, 1.807) is 24.3 Å². The molecule has 0 amide bonds. The largest absolute Gasteiger partial charge is 0.388 e. The zero-order valence-corrected chi connectivity index (χ0v) is 22.9. The minimum atomic E-state index is -1.62. The smallest absolute Gasteiger partial charge is 0.329 e. The van der Waals surface area contributed by atoms with Crippen LogP contribution in [0.15, 0.2) is 29.1 Å². The van der Waals surface area contributed by atoms with Gasteiger partial charge in [0.05, 0.1) is 24.1 Å². The third kappa shape index (κ3) is 6.44. The Morgan fingerprint density at radius 3 is 1.48 bits per heavy atom. The molecule has 2 aromatic rings. The van der Waals surface area contributed by atoms with Gasteiger partial charge in [-0.05, 0) is 25.0 Å². The van der Waals surface area contributed by atoms with Crippen molar-refractivity contribution in [2.75, 3.05) is 13.2 Å². The van der Waals surface area contributed by atoms with Crippen molar-refractivity contribution >= 4 is 11.0 Å². The van der Waals surface area contributed by atoms with Gasteiger partial charge >= 0.3 is 5.69 Å². The van der Waals surface area contributed by atoms with E-state index in [0.29, 0.717) is 23.9 Å². The Hall–Kier alpha value is -1.91. The van der Waals surface area contributed by atoms with E-state index in [9.17, 15) is 35.4 Å². The molecule has 10 atom stereocenters. The van der Waals surface area contributed by atoms with Gasteiger partial charge in [-0.2, -0.15) is 0 Å². The maximum absolute atomic E-state index is 13.7. The molecule has 0 aliphatic carbocycles. The first-order valence-electron chi connectivity index (χ1n) is 14.0. The second-order valence-electron chi connectivity index (χ2n) is 10.5. The number of benzene rings is 1. The van der Waals surface area contributed by atoms with Gasteiger partial charge in [-0.3, -0.25) is 9.13 Å². The fourth-order valence-corrected chi connectivity index (χ4v) is 5.24. The summed E-state index contributed by atoms with van der Waals surface area (Å²) in [6.07, 6.45) is -10.1. The van der Waals surface area contributed by atoms with E-state index in [1.807, 2.05) is 13.8 Å². The molecule has 4 rings (SSSR count). The molecular weight excluding hydrogens is 528 g/mol. The second-order valence-corrected chi connectivity index (χ2v) is 10.5. The average molecular weight is 571 g/mol. The van der Waals surface area contributed by atoms with Crippen molar-refractivity contribution in [2.45, 2.75) is 114 Å². The molecule has 2 fully saturated rings. The van der Waals surface area contributed by atoms with Gasteiger partial charge in [-0.1, -0.05) is 38.8 Å². The average Bonchev–Trinajstić information content (AvgIpc) is 3.20. The van der Waals surface area contributed by atoms with Crippen LogP contribution in [0.3, 0.4) is 0 Å². The number of aliphatic hydroxyl groups excluding tert-OH is 6. The molecule has 0 bridgehead atoms. The van der Waals surface area contributed by atoms with Crippen molar-refractivity contribution in [3.8, 4) is 0 Å². The van der Waals surface area contributed by atoms with Gasteiger partial charge in [0.25, 0.3) is 0 Å². The Morgan fingerprint density at radius 1 is 0.700 bits per heavy atom. The lowest BCUT2D eigenvalue weighted by Crippen LogP contribution is -2.60. The standard InChI is InChI=1S/C27H42N2O11/c1-3-5-11-37-23-19(30)17(39-25(34)21(23)32)13-28-15-9-7-8-10-16(15)29(27(28)36)14-18-20(31)24(38-12-6-4-2)22(33)26(35)40-18/h7-10,17-26,30-35H,3-6,11-14H2,1-2H3/t17-,18+,19-,20+,21+,22-,23+,24-,25-,26+. The number of unbranched alkanes of at least 4 members (excludes halogenated alkanes) is 2. The molecule has 0 saturated carbocycles. The fraction of sp³-hybridized carbons (Fsp3) is 0.741. The summed E-state index contributed by atoms with van der Waals surface area (Å²) in [4.78, 5) is 13.7. The molecule has 3 heterocycles. The molecule has 0 spiro atoms. The third-order valence-electron chi connectivity index (χ3n) is 7.59. The highest BCUT2D eigenvalue weighted by Gasteiger charge is 2.46. The molecular formula is C27H42N2O11. The quantitative estimate of drug-likeness (QED) is 0.173. The zero-order valence-electron chi connectivity index (χ0n) is 22.9. The number of rotatable bonds is 12. The van der Waals surface area contributed by atoms with Crippen LogP contribution in [0, 0.1) is 0 Å². The predicted molar refractivity (Wildman–Crippen MR) is 141 cm³/mol. The zero-order chi connectivity index (χ0) is 29.0. The van der Waals surface area contributed by atoms with E-state index in [2.05, 4.69) is 0 Å². The number of para-hydroxylation sites is 2. The molecule has 1 aromatic carbocycles. The normalized spacial score (nSPS) is 34.9. The van der Waals surface area contributed by atoms with Crippen molar-refractivity contribution < 1.29 is 49.6 Å². The summed E-state index contributed by atoms with van der Waals surface area (Å²) in [7, 11) is 0. The van der Waals surface area contributed by atoms with Crippen molar-refractivity contribution in [3.63, 3.8) is 0 Å². The highest BCUT2D eigenvalue weighted by atomic mass is 16.7. The van der Waals surface area contributed by atoms with E-state index >= 15 is 0 Å². The number of aromatic nitrogens is 2. The first kappa shape index (κ1) is 31.0. The number of hydrogen-bond donors (Lipinski definition) is 6. The molecule has 0 unspecified atom stereocenters. The van der Waals surface area contributed by atoms with Crippen LogP contribution in [0.5, 0.6) is 0 Å². The Labute approximate surface area is 232 Å².